The lowest BCUT2D eigenvalue weighted by Gasteiger charge is -1.91. The zero-order valence-electron chi connectivity index (χ0n) is 7.02. The molecule has 12 heavy (non-hydrogen) atoms. The molecule has 0 fully saturated rings. The molecule has 0 unspecified atom stereocenters. The summed E-state index contributed by atoms with van der Waals surface area (Å²) in [7, 11) is 0. The molecule has 1 aromatic heterocycles. The Bertz CT molecular complexity index is 429. The summed E-state index contributed by atoms with van der Waals surface area (Å²) < 4.78 is 2.63. The van der Waals surface area contributed by atoms with Gasteiger partial charge in [0.05, 0.1) is 0 Å². The largest absolute Gasteiger partial charge is 0.139 e. The first-order valence-corrected chi connectivity index (χ1v) is 5.44. The van der Waals surface area contributed by atoms with E-state index in [9.17, 15) is 0 Å². The van der Waals surface area contributed by atoms with E-state index in [1.165, 1.54) is 25.0 Å². The predicted molar refractivity (Wildman–Crippen MR) is 59.0 cm³/mol. The van der Waals surface area contributed by atoms with Crippen LogP contribution in [0.2, 0.25) is 0 Å². The van der Waals surface area contributed by atoms with Crippen molar-refractivity contribution in [3.63, 3.8) is 0 Å². The van der Waals surface area contributed by atoms with Gasteiger partial charge in [-0.1, -0.05) is 12.1 Å². The van der Waals surface area contributed by atoms with E-state index in [-0.39, 0.29) is 0 Å². The van der Waals surface area contributed by atoms with Crippen LogP contribution in [0, 0.1) is 13.8 Å². The van der Waals surface area contributed by atoms with E-state index < -0.39 is 0 Å². The average molecular weight is 241 g/mol. The number of hydrogen-bond donors (Lipinski definition) is 0. The zero-order valence-corrected chi connectivity index (χ0v) is 9.42. The van der Waals surface area contributed by atoms with Crippen LogP contribution in [0.5, 0.6) is 0 Å². The molecular formula is C10H9BrS. The topological polar surface area (TPSA) is 0 Å². The first-order chi connectivity index (χ1) is 5.68. The van der Waals surface area contributed by atoms with Gasteiger partial charge in [0, 0.05) is 19.4 Å². The number of aryl methyl sites for hydroxylation is 2. The van der Waals surface area contributed by atoms with Crippen molar-refractivity contribution in [2.45, 2.75) is 13.8 Å². The molecule has 0 radical (unpaired) electrons. The van der Waals surface area contributed by atoms with Gasteiger partial charge in [-0.2, -0.15) is 0 Å². The predicted octanol–water partition coefficient (Wildman–Crippen LogP) is 4.28. The molecule has 0 atom stereocenters. The van der Waals surface area contributed by atoms with E-state index in [0.29, 0.717) is 0 Å². The third-order valence-corrected chi connectivity index (χ3v) is 4.30. The van der Waals surface area contributed by atoms with Gasteiger partial charge in [-0.05, 0) is 41.4 Å². The van der Waals surface area contributed by atoms with Gasteiger partial charge in [-0.3, -0.25) is 0 Å². The molecule has 0 aliphatic heterocycles. The van der Waals surface area contributed by atoms with Gasteiger partial charge in [0.25, 0.3) is 0 Å². The molecule has 1 aromatic carbocycles. The molecule has 0 saturated heterocycles. The number of hydrogen-bond acceptors (Lipinski definition) is 1. The van der Waals surface area contributed by atoms with Gasteiger partial charge in [-0.25, -0.2) is 0 Å². The SMILES string of the molecule is Cc1ccc2c(Br)c(C)sc2c1. The highest BCUT2D eigenvalue weighted by Crippen LogP contribution is 2.35. The van der Waals surface area contributed by atoms with Crippen molar-refractivity contribution in [2.75, 3.05) is 0 Å². The minimum atomic E-state index is 1.25. The van der Waals surface area contributed by atoms with E-state index in [4.69, 9.17) is 0 Å². The van der Waals surface area contributed by atoms with Gasteiger partial charge in [0.15, 0.2) is 0 Å². The first kappa shape index (κ1) is 8.27. The summed E-state index contributed by atoms with van der Waals surface area (Å²) in [5.74, 6) is 0. The highest BCUT2D eigenvalue weighted by Gasteiger charge is 2.04. The molecular weight excluding hydrogens is 232 g/mol. The van der Waals surface area contributed by atoms with Crippen LogP contribution in [0.15, 0.2) is 22.7 Å². The number of halogens is 1. The molecule has 0 N–H and O–H groups in total. The second-order valence-electron chi connectivity index (χ2n) is 2.97. The van der Waals surface area contributed by atoms with Gasteiger partial charge in [-0.15, -0.1) is 11.3 Å². The lowest BCUT2D eigenvalue weighted by Crippen LogP contribution is -1.68. The Morgan fingerprint density at radius 2 is 2.00 bits per heavy atom. The van der Waals surface area contributed by atoms with Crippen LogP contribution >= 0.6 is 27.3 Å². The quantitative estimate of drug-likeness (QED) is 0.645. The Hall–Kier alpha value is -0.340. The monoisotopic (exact) mass is 240 g/mol. The van der Waals surface area contributed by atoms with E-state index in [0.717, 1.165) is 0 Å². The average Bonchev–Trinajstić information content (AvgIpc) is 2.28. The molecule has 0 spiro atoms. The van der Waals surface area contributed by atoms with Crippen LogP contribution in [0.25, 0.3) is 10.1 Å². The fourth-order valence-corrected chi connectivity index (χ4v) is 3.07. The minimum Gasteiger partial charge on any atom is -0.139 e. The molecule has 0 bridgehead atoms. The first-order valence-electron chi connectivity index (χ1n) is 3.84. The molecule has 1 heterocycles. The van der Waals surface area contributed by atoms with Crippen molar-refractivity contribution < 1.29 is 0 Å². The van der Waals surface area contributed by atoms with Crippen molar-refractivity contribution in [3.8, 4) is 0 Å². The molecule has 0 saturated carbocycles. The summed E-state index contributed by atoms with van der Waals surface area (Å²) >= 11 is 5.43. The van der Waals surface area contributed by atoms with Crippen molar-refractivity contribution in [1.82, 2.24) is 0 Å². The van der Waals surface area contributed by atoms with E-state index in [2.05, 4.69) is 48.0 Å². The fourth-order valence-electron chi connectivity index (χ4n) is 1.29. The Kier molecular flexibility index (Phi) is 1.97. The second-order valence-corrected chi connectivity index (χ2v) is 5.02. The van der Waals surface area contributed by atoms with Crippen LogP contribution in [0.4, 0.5) is 0 Å². The minimum absolute atomic E-state index is 1.25. The molecule has 0 aliphatic rings. The van der Waals surface area contributed by atoms with Gasteiger partial charge in [0.2, 0.25) is 0 Å². The van der Waals surface area contributed by atoms with Crippen LogP contribution in [0.1, 0.15) is 10.4 Å². The standard InChI is InChI=1S/C10H9BrS/c1-6-3-4-8-9(5-6)12-7(2)10(8)11/h3-5H,1-2H3. The Morgan fingerprint density at radius 1 is 1.25 bits per heavy atom. The maximum absolute atomic E-state index is 3.59. The molecule has 0 nitrogen and oxygen atoms in total. The van der Waals surface area contributed by atoms with Gasteiger partial charge < -0.3 is 0 Å². The lowest BCUT2D eigenvalue weighted by molar-refractivity contribution is 1.51. The molecule has 0 aliphatic carbocycles. The smallest absolute Gasteiger partial charge is 0.0390 e. The third kappa shape index (κ3) is 1.19. The molecule has 2 rings (SSSR count). The molecule has 62 valence electrons. The Morgan fingerprint density at radius 3 is 2.75 bits per heavy atom. The van der Waals surface area contributed by atoms with E-state index >= 15 is 0 Å². The van der Waals surface area contributed by atoms with Crippen molar-refractivity contribution in [2.24, 2.45) is 0 Å². The maximum atomic E-state index is 3.59. The summed E-state index contributed by atoms with van der Waals surface area (Å²) in [6.07, 6.45) is 0. The number of fused-ring (bicyclic) bond motifs is 1. The number of benzene rings is 1. The highest BCUT2D eigenvalue weighted by atomic mass is 79.9. The summed E-state index contributed by atoms with van der Waals surface area (Å²) in [5.41, 5.74) is 1.33. The van der Waals surface area contributed by atoms with Crippen LogP contribution in [-0.2, 0) is 0 Å². The lowest BCUT2D eigenvalue weighted by atomic mass is 10.2. The normalized spacial score (nSPS) is 10.9. The Labute approximate surface area is 84.4 Å². The summed E-state index contributed by atoms with van der Waals surface area (Å²) in [6, 6.07) is 6.56. The van der Waals surface area contributed by atoms with Crippen molar-refractivity contribution in [3.05, 3.63) is 33.1 Å². The summed E-state index contributed by atoms with van der Waals surface area (Å²) in [5, 5.41) is 1.34. The maximum Gasteiger partial charge on any atom is 0.0390 e. The van der Waals surface area contributed by atoms with Crippen molar-refractivity contribution in [1.29, 1.82) is 0 Å². The number of rotatable bonds is 0. The zero-order chi connectivity index (χ0) is 8.72. The van der Waals surface area contributed by atoms with Gasteiger partial charge in [0.1, 0.15) is 0 Å². The van der Waals surface area contributed by atoms with E-state index in [1.54, 1.807) is 0 Å². The van der Waals surface area contributed by atoms with Gasteiger partial charge >= 0.3 is 0 Å². The molecule has 2 heteroatoms. The Balaban J connectivity index is 2.87. The van der Waals surface area contributed by atoms with Crippen LogP contribution in [-0.4, -0.2) is 0 Å². The third-order valence-electron chi connectivity index (χ3n) is 1.95. The summed E-state index contributed by atoms with van der Waals surface area (Å²) in [6.45, 7) is 4.27. The second kappa shape index (κ2) is 2.86. The number of thiophene rings is 1. The van der Waals surface area contributed by atoms with Crippen LogP contribution in [0.3, 0.4) is 0 Å². The van der Waals surface area contributed by atoms with E-state index in [1.807, 2.05) is 11.3 Å². The van der Waals surface area contributed by atoms with Crippen LogP contribution < -0.4 is 0 Å². The molecule has 2 aromatic rings. The summed E-state index contributed by atoms with van der Waals surface area (Å²) in [4.78, 5) is 1.36. The van der Waals surface area contributed by atoms with Crippen molar-refractivity contribution >= 4 is 37.4 Å². The fraction of sp³-hybridized carbons (Fsp3) is 0.200. The molecule has 0 amide bonds. The highest BCUT2D eigenvalue weighted by molar-refractivity contribution is 9.10.